The number of fused-ring (bicyclic) bond motifs is 1. The maximum absolute atomic E-state index is 11.0. The van der Waals surface area contributed by atoms with E-state index in [2.05, 4.69) is 4.52 Å². The van der Waals surface area contributed by atoms with E-state index in [1.807, 2.05) is 0 Å². The summed E-state index contributed by atoms with van der Waals surface area (Å²) in [5, 5.41) is 35.3. The van der Waals surface area contributed by atoms with Gasteiger partial charge >= 0.3 is 154 Å². The van der Waals surface area contributed by atoms with E-state index >= 15 is 0 Å². The monoisotopic (exact) mass is 505 g/mol. The van der Waals surface area contributed by atoms with E-state index in [0.29, 0.717) is 0 Å². The molecule has 2 N–H and O–H groups in total. The largest absolute Gasteiger partial charge is 1.00 e. The molecular weight excluding hydrogens is 490 g/mol. The first-order valence-electron chi connectivity index (χ1n) is 6.90. The summed E-state index contributed by atoms with van der Waals surface area (Å²) < 4.78 is 36.4. The van der Waals surface area contributed by atoms with Gasteiger partial charge in [0.1, 0.15) is 24.9 Å². The fraction of sp³-hybridized carbons (Fsp3) is 1.00. The summed E-state index contributed by atoms with van der Waals surface area (Å²) in [6.07, 6.45) is -2.93. The van der Waals surface area contributed by atoms with E-state index in [-0.39, 0.29) is 174 Å². The van der Waals surface area contributed by atoms with Gasteiger partial charge in [0.25, 0.3) is 0 Å². The van der Waals surface area contributed by atoms with Gasteiger partial charge in [-0.15, -0.1) is 0 Å². The van der Waals surface area contributed by atoms with Crippen molar-refractivity contribution in [2.45, 2.75) is 29.7 Å². The zero-order valence-electron chi connectivity index (χ0n) is 15.5. The summed E-state index contributed by atoms with van der Waals surface area (Å²) in [7, 11) is -5.48. The van der Waals surface area contributed by atoms with Crippen molar-refractivity contribution in [3.05, 3.63) is 15.3 Å². The molecule has 28 heavy (non-hydrogen) atoms. The Labute approximate surface area is 286 Å². The van der Waals surface area contributed by atoms with Crippen LogP contribution < -0.4 is 164 Å². The van der Waals surface area contributed by atoms with Crippen LogP contribution in [0.5, 0.6) is 0 Å². The molecule has 3 heterocycles. The van der Waals surface area contributed by atoms with Crippen molar-refractivity contribution < 1.29 is 207 Å². The van der Waals surface area contributed by atoms with Gasteiger partial charge in [-0.3, -0.25) is 0 Å². The SMILES string of the molecule is O=P([O-])([O-])OC1([C@@]2(O)CO[C@@H]3[C@H](O)CO[C@@H]32)COCCO1.O=[N+]([O-])[O-].[K+].[K+].[K+]. The number of aliphatic hydroxyl groups is 2. The molecular formula is C10H15K3NO13P. The third kappa shape index (κ3) is 8.64. The summed E-state index contributed by atoms with van der Waals surface area (Å²) in [4.78, 5) is 30.3. The van der Waals surface area contributed by atoms with Crippen molar-refractivity contribution in [1.29, 1.82) is 0 Å². The van der Waals surface area contributed by atoms with Crippen LogP contribution in [-0.4, -0.2) is 78.0 Å². The van der Waals surface area contributed by atoms with Gasteiger partial charge in [-0.25, -0.2) is 0 Å². The maximum atomic E-state index is 11.0. The van der Waals surface area contributed by atoms with E-state index in [9.17, 15) is 24.6 Å². The Morgan fingerprint density at radius 3 is 2.14 bits per heavy atom. The molecule has 0 bridgehead atoms. The van der Waals surface area contributed by atoms with Crippen LogP contribution in [0.4, 0.5) is 0 Å². The first-order chi connectivity index (χ1) is 11.5. The standard InChI is InChI=1S/C10H17O10P.3K.NO3/c11-6-3-17-8-7(6)18-4-9(8,12)10(20-21(13,14)15)5-16-1-2-19-10;;;;2-1(3)4/h6-8,11-12H,1-5H2,(H2,13,14,15);;;;/q;3*+1;-1/p-2/t6-,7-,8+,9-,10?;;;;/m1..../s1. The Morgan fingerprint density at radius 2 is 1.68 bits per heavy atom. The summed E-state index contributed by atoms with van der Waals surface area (Å²) in [6, 6.07) is 0. The second-order valence-corrected chi connectivity index (χ2v) is 6.51. The molecule has 0 radical (unpaired) electrons. The Kier molecular flexibility index (Phi) is 17.6. The minimum atomic E-state index is -5.48. The molecule has 1 unspecified atom stereocenters. The molecule has 0 saturated carbocycles. The molecule has 18 heteroatoms. The van der Waals surface area contributed by atoms with Gasteiger partial charge in [-0.2, -0.15) is 0 Å². The molecule has 0 aromatic carbocycles. The van der Waals surface area contributed by atoms with Crippen LogP contribution in [0.3, 0.4) is 0 Å². The molecule has 3 saturated heterocycles. The van der Waals surface area contributed by atoms with E-state index < -0.39 is 55.8 Å². The molecule has 14 nitrogen and oxygen atoms in total. The zero-order valence-corrected chi connectivity index (χ0v) is 25.8. The number of phosphoric acid groups is 1. The van der Waals surface area contributed by atoms with Gasteiger partial charge in [0.15, 0.2) is 5.60 Å². The third-order valence-corrected chi connectivity index (χ3v) is 4.38. The fourth-order valence-electron chi connectivity index (χ4n) is 2.91. The molecule has 3 aliphatic rings. The van der Waals surface area contributed by atoms with Crippen molar-refractivity contribution in [3.63, 3.8) is 0 Å². The Balaban J connectivity index is 0. The summed E-state index contributed by atoms with van der Waals surface area (Å²) in [5.74, 6) is -2.26. The van der Waals surface area contributed by atoms with Crippen LogP contribution in [0.25, 0.3) is 0 Å². The zero-order chi connectivity index (χ0) is 18.9. The maximum Gasteiger partial charge on any atom is 1.00 e. The first kappa shape index (κ1) is 34.1. The van der Waals surface area contributed by atoms with Crippen LogP contribution >= 0.6 is 7.82 Å². The molecule has 3 rings (SSSR count). The molecule has 0 aromatic heterocycles. The second kappa shape index (κ2) is 14.4. The third-order valence-electron chi connectivity index (χ3n) is 3.86. The molecule has 5 atom stereocenters. The molecule has 146 valence electrons. The summed E-state index contributed by atoms with van der Waals surface area (Å²) in [5.41, 5.74) is -2.10. The van der Waals surface area contributed by atoms with Gasteiger partial charge in [-0.05, 0) is 0 Å². The number of rotatable bonds is 3. The number of hydrogen-bond donors (Lipinski definition) is 2. The van der Waals surface area contributed by atoms with E-state index in [1.54, 1.807) is 0 Å². The van der Waals surface area contributed by atoms with E-state index in [4.69, 9.17) is 34.3 Å². The van der Waals surface area contributed by atoms with Gasteiger partial charge in [0.2, 0.25) is 5.79 Å². The summed E-state index contributed by atoms with van der Waals surface area (Å²) in [6.45, 7) is -0.933. The quantitative estimate of drug-likeness (QED) is 0.158. The van der Waals surface area contributed by atoms with Crippen LogP contribution in [0.15, 0.2) is 0 Å². The fourth-order valence-corrected chi connectivity index (χ4v) is 3.53. The van der Waals surface area contributed by atoms with Crippen molar-refractivity contribution in [1.82, 2.24) is 0 Å². The smallest absolute Gasteiger partial charge is 0.790 e. The van der Waals surface area contributed by atoms with E-state index in [0.717, 1.165) is 0 Å². The average molecular weight is 505 g/mol. The predicted octanol–water partition coefficient (Wildman–Crippen LogP) is -12.8. The Bertz CT molecular complexity index is 543. The van der Waals surface area contributed by atoms with Crippen LogP contribution in [0, 0.1) is 15.3 Å². The van der Waals surface area contributed by atoms with E-state index in [1.165, 1.54) is 0 Å². The number of aliphatic hydroxyl groups excluding tert-OH is 1. The van der Waals surface area contributed by atoms with Crippen molar-refractivity contribution in [2.24, 2.45) is 0 Å². The normalized spacial score (nSPS) is 36.5. The van der Waals surface area contributed by atoms with Crippen molar-refractivity contribution in [3.8, 4) is 0 Å². The number of hydrogen-bond acceptors (Lipinski definition) is 13. The predicted molar refractivity (Wildman–Crippen MR) is 69.0 cm³/mol. The Hall–Kier alpha value is 3.98. The van der Waals surface area contributed by atoms with Gasteiger partial charge < -0.3 is 63.4 Å². The molecule has 0 aromatic rings. The molecule has 0 spiro atoms. The first-order valence-corrected chi connectivity index (χ1v) is 8.36. The molecule has 3 fully saturated rings. The number of phosphoric ester groups is 1. The minimum absolute atomic E-state index is 0. The molecule has 0 aliphatic carbocycles. The minimum Gasteiger partial charge on any atom is -0.790 e. The van der Waals surface area contributed by atoms with Crippen LogP contribution in [0.1, 0.15) is 0 Å². The van der Waals surface area contributed by atoms with Crippen LogP contribution in [0.2, 0.25) is 0 Å². The van der Waals surface area contributed by atoms with Gasteiger partial charge in [-0.1, -0.05) is 0 Å². The summed E-state index contributed by atoms with van der Waals surface area (Å²) >= 11 is 0. The molecule has 0 amide bonds. The number of nitrogens with zero attached hydrogens (tertiary/aromatic N) is 1. The van der Waals surface area contributed by atoms with Gasteiger partial charge in [0, 0.05) is 0 Å². The molecule has 3 aliphatic heterocycles. The van der Waals surface area contributed by atoms with Crippen LogP contribution in [-0.2, 0) is 28.0 Å². The second-order valence-electron chi connectivity index (χ2n) is 5.44. The van der Waals surface area contributed by atoms with Gasteiger partial charge in [0.05, 0.1) is 39.3 Å². The topological polar surface area (TPSA) is 216 Å². The average Bonchev–Trinajstić information content (AvgIpc) is 3.01. The Morgan fingerprint density at radius 1 is 1.11 bits per heavy atom. The van der Waals surface area contributed by atoms with Crippen molar-refractivity contribution >= 4 is 7.82 Å². The number of ether oxygens (including phenoxy) is 4. The van der Waals surface area contributed by atoms with Crippen molar-refractivity contribution in [2.75, 3.05) is 33.0 Å².